The summed E-state index contributed by atoms with van der Waals surface area (Å²) in [6, 6.07) is 7.42. The van der Waals surface area contributed by atoms with E-state index in [1.54, 1.807) is 4.90 Å². The van der Waals surface area contributed by atoms with Gasteiger partial charge in [0.05, 0.1) is 24.7 Å². The molecule has 2 rings (SSSR count). The molecule has 1 saturated heterocycles. The number of hydrogen-bond donors (Lipinski definition) is 0. The van der Waals surface area contributed by atoms with Crippen LogP contribution in [0.2, 0.25) is 0 Å². The van der Waals surface area contributed by atoms with Gasteiger partial charge in [0, 0.05) is 19.5 Å². The van der Waals surface area contributed by atoms with Crippen LogP contribution in [0.5, 0.6) is 0 Å². The Morgan fingerprint density at radius 3 is 2.57 bits per heavy atom. The molecule has 1 fully saturated rings. The van der Waals surface area contributed by atoms with Crippen LogP contribution in [0.4, 0.5) is 0 Å². The third-order valence-electron chi connectivity index (χ3n) is 3.63. The molecule has 0 saturated carbocycles. The van der Waals surface area contributed by atoms with E-state index >= 15 is 0 Å². The van der Waals surface area contributed by atoms with Gasteiger partial charge in [-0.05, 0) is 18.1 Å². The van der Waals surface area contributed by atoms with Crippen molar-refractivity contribution in [1.29, 1.82) is 0 Å². The second-order valence-electron chi connectivity index (χ2n) is 5.26. The Morgan fingerprint density at radius 2 is 1.90 bits per heavy atom. The van der Waals surface area contributed by atoms with E-state index in [1.807, 2.05) is 31.2 Å². The molecule has 0 N–H and O–H groups in total. The Hall–Kier alpha value is -1.40. The largest absolute Gasteiger partial charge is 0.378 e. The van der Waals surface area contributed by atoms with Crippen molar-refractivity contribution in [2.75, 3.05) is 32.1 Å². The summed E-state index contributed by atoms with van der Waals surface area (Å²) >= 11 is 0. The number of amides is 1. The minimum Gasteiger partial charge on any atom is -0.378 e. The first-order valence-corrected chi connectivity index (χ1v) is 8.90. The average Bonchev–Trinajstić information content (AvgIpc) is 2.48. The van der Waals surface area contributed by atoms with Crippen LogP contribution in [0.15, 0.2) is 24.3 Å². The van der Waals surface area contributed by atoms with Crippen molar-refractivity contribution in [2.45, 2.75) is 19.1 Å². The van der Waals surface area contributed by atoms with Gasteiger partial charge in [-0.25, -0.2) is 8.42 Å². The first-order valence-electron chi connectivity index (χ1n) is 7.08. The quantitative estimate of drug-likeness (QED) is 0.818. The van der Waals surface area contributed by atoms with Crippen molar-refractivity contribution in [3.05, 3.63) is 35.4 Å². The molecule has 0 radical (unpaired) electrons. The van der Waals surface area contributed by atoms with Crippen molar-refractivity contribution >= 4 is 15.7 Å². The lowest BCUT2D eigenvalue weighted by Crippen LogP contribution is -2.41. The van der Waals surface area contributed by atoms with E-state index < -0.39 is 9.84 Å². The van der Waals surface area contributed by atoms with Crippen LogP contribution < -0.4 is 0 Å². The molecule has 21 heavy (non-hydrogen) atoms. The van der Waals surface area contributed by atoms with Gasteiger partial charge in [-0.15, -0.1) is 0 Å². The third kappa shape index (κ3) is 4.82. The first kappa shape index (κ1) is 16.0. The van der Waals surface area contributed by atoms with E-state index in [-0.39, 0.29) is 23.8 Å². The van der Waals surface area contributed by atoms with Gasteiger partial charge in [0.15, 0.2) is 9.84 Å². The van der Waals surface area contributed by atoms with Gasteiger partial charge in [-0.3, -0.25) is 4.79 Å². The Bertz CT molecular complexity index is 591. The Balaban J connectivity index is 1.89. The van der Waals surface area contributed by atoms with Gasteiger partial charge in [0.25, 0.3) is 0 Å². The van der Waals surface area contributed by atoms with E-state index in [1.165, 1.54) is 0 Å². The molecule has 0 aliphatic carbocycles. The highest BCUT2D eigenvalue weighted by molar-refractivity contribution is 7.90. The summed E-state index contributed by atoms with van der Waals surface area (Å²) in [7, 11) is -3.27. The van der Waals surface area contributed by atoms with E-state index in [4.69, 9.17) is 4.74 Å². The molecule has 1 aliphatic heterocycles. The molecule has 0 aromatic heterocycles. The molecule has 5 nitrogen and oxygen atoms in total. The summed E-state index contributed by atoms with van der Waals surface area (Å²) in [4.78, 5) is 13.6. The predicted octanol–water partition coefficient (Wildman–Crippen LogP) is 1.16. The number of sulfone groups is 1. The molecule has 116 valence electrons. The summed E-state index contributed by atoms with van der Waals surface area (Å²) in [6.45, 7) is 4.06. The number of ether oxygens (including phenoxy) is 1. The Labute approximate surface area is 125 Å². The van der Waals surface area contributed by atoms with Crippen LogP contribution in [0.1, 0.15) is 17.5 Å². The molecule has 1 heterocycles. The van der Waals surface area contributed by atoms with Gasteiger partial charge < -0.3 is 9.64 Å². The maximum absolute atomic E-state index is 12.1. The summed E-state index contributed by atoms with van der Waals surface area (Å²) in [5.74, 6) is -0.209. The zero-order valence-electron chi connectivity index (χ0n) is 12.2. The number of nitrogens with zero attached hydrogens (tertiary/aromatic N) is 1. The predicted molar refractivity (Wildman–Crippen MR) is 80.7 cm³/mol. The first-order chi connectivity index (χ1) is 9.98. The molecule has 0 bridgehead atoms. The fourth-order valence-corrected chi connectivity index (χ4v) is 3.72. The Kier molecular flexibility index (Phi) is 5.36. The molecule has 1 aromatic carbocycles. The number of rotatable bonds is 5. The molecule has 0 atom stereocenters. The summed E-state index contributed by atoms with van der Waals surface area (Å²) in [6.07, 6.45) is 0.0498. The summed E-state index contributed by atoms with van der Waals surface area (Å²) in [5, 5.41) is 0. The normalized spacial score (nSPS) is 16.0. The fraction of sp³-hybridized carbons (Fsp3) is 0.533. The van der Waals surface area contributed by atoms with Crippen molar-refractivity contribution in [3.8, 4) is 0 Å². The van der Waals surface area contributed by atoms with Crippen molar-refractivity contribution in [1.82, 2.24) is 4.90 Å². The molecular formula is C15H21NO4S. The molecule has 6 heteroatoms. The highest BCUT2D eigenvalue weighted by Gasteiger charge is 2.20. The standard InChI is InChI=1S/C15H21NO4S/c1-13-4-2-3-5-14(13)12-21(18,19)11-6-15(17)16-7-9-20-10-8-16/h2-5H,6-12H2,1H3. The smallest absolute Gasteiger partial charge is 0.223 e. The van der Waals surface area contributed by atoms with Crippen molar-refractivity contribution in [2.24, 2.45) is 0 Å². The third-order valence-corrected chi connectivity index (χ3v) is 5.20. The fourth-order valence-electron chi connectivity index (χ4n) is 2.29. The van der Waals surface area contributed by atoms with Crippen LogP contribution in [-0.4, -0.2) is 51.3 Å². The highest BCUT2D eigenvalue weighted by Crippen LogP contribution is 2.13. The Morgan fingerprint density at radius 1 is 1.24 bits per heavy atom. The maximum Gasteiger partial charge on any atom is 0.223 e. The van der Waals surface area contributed by atoms with Crippen LogP contribution >= 0.6 is 0 Å². The van der Waals surface area contributed by atoms with Crippen LogP contribution in [-0.2, 0) is 25.1 Å². The number of benzene rings is 1. The second-order valence-corrected chi connectivity index (χ2v) is 7.45. The lowest BCUT2D eigenvalue weighted by atomic mass is 10.1. The topological polar surface area (TPSA) is 63.7 Å². The summed E-state index contributed by atoms with van der Waals surface area (Å²) < 4.78 is 29.5. The van der Waals surface area contributed by atoms with Crippen LogP contribution in [0.3, 0.4) is 0 Å². The summed E-state index contributed by atoms with van der Waals surface area (Å²) in [5.41, 5.74) is 1.76. The molecule has 1 aromatic rings. The van der Waals surface area contributed by atoms with Crippen LogP contribution in [0.25, 0.3) is 0 Å². The zero-order valence-corrected chi connectivity index (χ0v) is 13.1. The monoisotopic (exact) mass is 311 g/mol. The minimum atomic E-state index is -3.27. The minimum absolute atomic E-state index is 0.00390. The van der Waals surface area contributed by atoms with Gasteiger partial charge in [-0.2, -0.15) is 0 Å². The SMILES string of the molecule is Cc1ccccc1CS(=O)(=O)CCC(=O)N1CCOCC1. The number of carbonyl (C=O) groups excluding carboxylic acids is 1. The molecule has 1 aliphatic rings. The lowest BCUT2D eigenvalue weighted by Gasteiger charge is -2.26. The van der Waals surface area contributed by atoms with Crippen molar-refractivity contribution in [3.63, 3.8) is 0 Å². The van der Waals surface area contributed by atoms with Gasteiger partial charge in [-0.1, -0.05) is 24.3 Å². The van der Waals surface area contributed by atoms with E-state index in [2.05, 4.69) is 0 Å². The number of morpholine rings is 1. The number of carbonyl (C=O) groups is 1. The molecular weight excluding hydrogens is 290 g/mol. The molecule has 0 unspecified atom stereocenters. The van der Waals surface area contributed by atoms with Gasteiger partial charge in [0.1, 0.15) is 0 Å². The van der Waals surface area contributed by atoms with E-state index in [9.17, 15) is 13.2 Å². The van der Waals surface area contributed by atoms with Crippen LogP contribution in [0, 0.1) is 6.92 Å². The maximum atomic E-state index is 12.1. The average molecular weight is 311 g/mol. The zero-order chi connectivity index (χ0) is 15.3. The second kappa shape index (κ2) is 7.04. The van der Waals surface area contributed by atoms with Gasteiger partial charge in [0.2, 0.25) is 5.91 Å². The molecule has 1 amide bonds. The van der Waals surface area contributed by atoms with Crippen molar-refractivity contribution < 1.29 is 17.9 Å². The highest BCUT2D eigenvalue weighted by atomic mass is 32.2. The van der Waals surface area contributed by atoms with Gasteiger partial charge >= 0.3 is 0 Å². The van der Waals surface area contributed by atoms with E-state index in [0.717, 1.165) is 11.1 Å². The molecule has 0 spiro atoms. The lowest BCUT2D eigenvalue weighted by molar-refractivity contribution is -0.134. The number of hydrogen-bond acceptors (Lipinski definition) is 4. The number of aryl methyl sites for hydroxylation is 1. The van der Waals surface area contributed by atoms with E-state index in [0.29, 0.717) is 26.3 Å².